The molecule has 0 saturated heterocycles. The fourth-order valence-corrected chi connectivity index (χ4v) is 3.49. The Morgan fingerprint density at radius 3 is 2.77 bits per heavy atom. The van der Waals surface area contributed by atoms with E-state index in [1.54, 1.807) is 12.1 Å². The molecule has 1 aromatic heterocycles. The number of aryl methyl sites for hydroxylation is 1. The first-order valence-electron chi connectivity index (χ1n) is 8.24. The van der Waals surface area contributed by atoms with Crippen LogP contribution in [0.3, 0.4) is 0 Å². The molecule has 0 radical (unpaired) electrons. The van der Waals surface area contributed by atoms with E-state index < -0.39 is 0 Å². The predicted molar refractivity (Wildman–Crippen MR) is 106 cm³/mol. The van der Waals surface area contributed by atoms with Crippen LogP contribution in [0, 0.1) is 6.92 Å². The van der Waals surface area contributed by atoms with E-state index in [0.717, 1.165) is 39.4 Å². The molecule has 3 aromatic rings. The summed E-state index contributed by atoms with van der Waals surface area (Å²) in [5.41, 5.74) is 11.6. The van der Waals surface area contributed by atoms with E-state index in [4.69, 9.17) is 38.7 Å². The minimum atomic E-state index is 0.356. The third-order valence-electron chi connectivity index (χ3n) is 4.36. The third kappa shape index (κ3) is 3.12. The van der Waals surface area contributed by atoms with E-state index in [-0.39, 0.29) is 0 Å². The highest BCUT2D eigenvalue weighted by Crippen LogP contribution is 2.39. The zero-order chi connectivity index (χ0) is 18.3. The minimum Gasteiger partial charge on any atom is -0.488 e. The van der Waals surface area contributed by atoms with E-state index in [0.29, 0.717) is 29.0 Å². The van der Waals surface area contributed by atoms with Crippen molar-refractivity contribution in [2.45, 2.75) is 20.1 Å². The Bertz CT molecular complexity index is 1000. The highest BCUT2D eigenvalue weighted by molar-refractivity contribution is 6.36. The first kappa shape index (κ1) is 17.2. The van der Waals surface area contributed by atoms with Gasteiger partial charge in [0, 0.05) is 28.3 Å². The van der Waals surface area contributed by atoms with Gasteiger partial charge in [0.2, 0.25) is 0 Å². The van der Waals surface area contributed by atoms with Gasteiger partial charge in [-0.3, -0.25) is 0 Å². The summed E-state index contributed by atoms with van der Waals surface area (Å²) in [5, 5.41) is 4.40. The van der Waals surface area contributed by atoms with Gasteiger partial charge < -0.3 is 15.8 Å². The molecule has 6 heteroatoms. The van der Waals surface area contributed by atoms with Crippen molar-refractivity contribution in [1.29, 1.82) is 0 Å². The van der Waals surface area contributed by atoms with Gasteiger partial charge in [0.1, 0.15) is 18.2 Å². The maximum absolute atomic E-state index is 6.29. The van der Waals surface area contributed by atoms with E-state index in [9.17, 15) is 0 Å². The maximum Gasteiger partial charge on any atom is 0.135 e. The van der Waals surface area contributed by atoms with Crippen LogP contribution in [0.2, 0.25) is 10.0 Å². The van der Waals surface area contributed by atoms with Crippen molar-refractivity contribution in [1.82, 2.24) is 4.98 Å². The Morgan fingerprint density at radius 2 is 2.00 bits per heavy atom. The Labute approximate surface area is 161 Å². The molecule has 0 aliphatic carbocycles. The van der Waals surface area contributed by atoms with Gasteiger partial charge >= 0.3 is 0 Å². The molecule has 1 aliphatic rings. The number of rotatable bonds is 3. The lowest BCUT2D eigenvalue weighted by Crippen LogP contribution is -2.12. The molecule has 2 aromatic carbocycles. The number of benzene rings is 2. The van der Waals surface area contributed by atoms with Gasteiger partial charge in [-0.15, -0.1) is 0 Å². The van der Waals surface area contributed by atoms with Crippen molar-refractivity contribution in [2.75, 3.05) is 5.32 Å². The molecular formula is C20H17Cl2N3O. The Hall–Kier alpha value is -2.27. The zero-order valence-corrected chi connectivity index (χ0v) is 15.7. The Morgan fingerprint density at radius 1 is 1.15 bits per heavy atom. The lowest BCUT2D eigenvalue weighted by Gasteiger charge is -2.23. The maximum atomic E-state index is 6.29. The largest absolute Gasteiger partial charge is 0.488 e. The molecule has 0 bridgehead atoms. The fourth-order valence-electron chi connectivity index (χ4n) is 3.04. The Kier molecular flexibility index (Phi) is 4.49. The number of aromatic nitrogens is 1. The van der Waals surface area contributed by atoms with Gasteiger partial charge in [0.25, 0.3) is 0 Å². The number of nitrogens with zero attached hydrogens (tertiary/aromatic N) is 1. The van der Waals surface area contributed by atoms with Crippen LogP contribution in [0.25, 0.3) is 11.3 Å². The molecule has 4 nitrogen and oxygen atoms in total. The van der Waals surface area contributed by atoms with Crippen LogP contribution in [0.1, 0.15) is 16.7 Å². The molecule has 26 heavy (non-hydrogen) atoms. The van der Waals surface area contributed by atoms with Crippen molar-refractivity contribution in [3.8, 4) is 17.0 Å². The molecule has 0 saturated carbocycles. The van der Waals surface area contributed by atoms with E-state index >= 15 is 0 Å². The van der Waals surface area contributed by atoms with Crippen molar-refractivity contribution >= 4 is 34.7 Å². The van der Waals surface area contributed by atoms with Gasteiger partial charge in [0.15, 0.2) is 0 Å². The van der Waals surface area contributed by atoms with Gasteiger partial charge in [-0.1, -0.05) is 34.8 Å². The Balaban J connectivity index is 1.82. The molecule has 1 aliphatic heterocycles. The van der Waals surface area contributed by atoms with Crippen LogP contribution < -0.4 is 15.8 Å². The highest BCUT2D eigenvalue weighted by Gasteiger charge is 2.21. The number of pyridine rings is 1. The monoisotopic (exact) mass is 385 g/mol. The molecule has 0 spiro atoms. The second kappa shape index (κ2) is 6.80. The van der Waals surface area contributed by atoms with Crippen LogP contribution in [0.15, 0.2) is 42.5 Å². The summed E-state index contributed by atoms with van der Waals surface area (Å²) in [6.07, 6.45) is 0. The van der Waals surface area contributed by atoms with Gasteiger partial charge in [-0.25, -0.2) is 4.98 Å². The van der Waals surface area contributed by atoms with Crippen LogP contribution in [0.5, 0.6) is 5.75 Å². The summed E-state index contributed by atoms with van der Waals surface area (Å²) in [7, 11) is 0. The summed E-state index contributed by atoms with van der Waals surface area (Å²) in [6, 6.07) is 13.4. The summed E-state index contributed by atoms with van der Waals surface area (Å²) in [4.78, 5) is 4.86. The quantitative estimate of drug-likeness (QED) is 0.628. The molecular weight excluding hydrogens is 369 g/mol. The van der Waals surface area contributed by atoms with Crippen molar-refractivity contribution in [2.24, 2.45) is 5.73 Å². The predicted octanol–water partition coefficient (Wildman–Crippen LogP) is 5.46. The number of anilines is 2. The topological polar surface area (TPSA) is 60.2 Å². The number of hydrogen-bond donors (Lipinski definition) is 2. The molecule has 3 N–H and O–H groups in total. The van der Waals surface area contributed by atoms with Gasteiger partial charge in [-0.2, -0.15) is 0 Å². The average Bonchev–Trinajstić information content (AvgIpc) is 2.63. The lowest BCUT2D eigenvalue weighted by molar-refractivity contribution is 0.301. The van der Waals surface area contributed by atoms with Crippen LogP contribution >= 0.6 is 23.2 Å². The molecule has 132 valence electrons. The fraction of sp³-hybridized carbons (Fsp3) is 0.150. The summed E-state index contributed by atoms with van der Waals surface area (Å²) in [5.74, 6) is 1.52. The van der Waals surface area contributed by atoms with E-state index in [1.165, 1.54) is 0 Å². The lowest BCUT2D eigenvalue weighted by atomic mass is 9.99. The highest BCUT2D eigenvalue weighted by atomic mass is 35.5. The van der Waals surface area contributed by atoms with Crippen molar-refractivity contribution < 1.29 is 4.74 Å². The van der Waals surface area contributed by atoms with E-state index in [2.05, 4.69) is 18.3 Å². The minimum absolute atomic E-state index is 0.356. The van der Waals surface area contributed by atoms with Gasteiger partial charge in [-0.05, 0) is 43.3 Å². The standard InChI is InChI=1S/C20H17Cl2N3O/c1-11-2-5-18-15(6-11)19-13(10-26-18)7-12(9-23)20(25-19)24-17-4-3-14(21)8-16(17)22/h2-8H,9-10,23H2,1H3,(H,24,25). The van der Waals surface area contributed by atoms with Crippen LogP contribution in [0.4, 0.5) is 11.5 Å². The van der Waals surface area contributed by atoms with E-state index in [1.807, 2.05) is 24.3 Å². The number of ether oxygens (including phenoxy) is 1. The van der Waals surface area contributed by atoms with Gasteiger partial charge in [0.05, 0.1) is 16.4 Å². The number of halogens is 2. The number of hydrogen-bond acceptors (Lipinski definition) is 4. The first-order chi connectivity index (χ1) is 12.5. The first-order valence-corrected chi connectivity index (χ1v) is 8.99. The number of fused-ring (bicyclic) bond motifs is 3. The number of nitrogens with two attached hydrogens (primary N) is 1. The molecule has 4 rings (SSSR count). The summed E-state index contributed by atoms with van der Waals surface area (Å²) in [6.45, 7) is 2.89. The van der Waals surface area contributed by atoms with Crippen LogP contribution in [-0.2, 0) is 13.2 Å². The molecule has 0 amide bonds. The zero-order valence-electron chi connectivity index (χ0n) is 14.1. The van der Waals surface area contributed by atoms with Crippen LogP contribution in [-0.4, -0.2) is 4.98 Å². The number of nitrogens with one attached hydrogen (secondary N) is 1. The molecule has 0 unspecified atom stereocenters. The second-order valence-electron chi connectivity index (χ2n) is 6.25. The normalized spacial score (nSPS) is 12.2. The molecule has 0 fully saturated rings. The average molecular weight is 386 g/mol. The SMILES string of the molecule is Cc1ccc2c(c1)-c1nc(Nc3ccc(Cl)cc3Cl)c(CN)cc1CO2. The summed E-state index contributed by atoms with van der Waals surface area (Å²) >= 11 is 12.3. The molecule has 2 heterocycles. The smallest absolute Gasteiger partial charge is 0.135 e. The molecule has 0 atom stereocenters. The second-order valence-corrected chi connectivity index (χ2v) is 7.09. The van der Waals surface area contributed by atoms with Crippen molar-refractivity contribution in [3.05, 3.63) is 69.2 Å². The third-order valence-corrected chi connectivity index (χ3v) is 4.91. The summed E-state index contributed by atoms with van der Waals surface area (Å²) < 4.78 is 5.86. The van der Waals surface area contributed by atoms with Crippen molar-refractivity contribution in [3.63, 3.8) is 0 Å².